The fourth-order valence-electron chi connectivity index (χ4n) is 6.07. The first-order chi connectivity index (χ1) is 27.0. The number of carbonyl (C=O) groups is 3. The number of aldehydes is 1. The number of rotatable bonds is 5. The number of benzene rings is 2. The summed E-state index contributed by atoms with van der Waals surface area (Å²) in [5, 5.41) is 3.23. The molecule has 2 unspecified atom stereocenters. The summed E-state index contributed by atoms with van der Waals surface area (Å²) in [6.07, 6.45) is 7.47. The minimum absolute atomic E-state index is 0.0815. The van der Waals surface area contributed by atoms with Crippen molar-refractivity contribution in [2.45, 2.75) is 77.7 Å². The fourth-order valence-corrected chi connectivity index (χ4v) is 6.07. The number of imidazole rings is 1. The number of aromatic nitrogens is 6. The van der Waals surface area contributed by atoms with E-state index in [0.717, 1.165) is 6.42 Å². The van der Waals surface area contributed by atoms with E-state index in [9.17, 15) is 23.2 Å². The predicted octanol–water partition coefficient (Wildman–Crippen LogP) is 6.93. The summed E-state index contributed by atoms with van der Waals surface area (Å²) in [6, 6.07) is 12.4. The number of nitrogens with one attached hydrogen (secondary N) is 1. The van der Waals surface area contributed by atoms with Gasteiger partial charge in [0.15, 0.2) is 17.8 Å². The van der Waals surface area contributed by atoms with Gasteiger partial charge in [-0.1, -0.05) is 24.3 Å². The van der Waals surface area contributed by atoms with Crippen molar-refractivity contribution in [3.05, 3.63) is 90.8 Å². The molecule has 0 saturated carbocycles. The number of anilines is 2. The Morgan fingerprint density at radius 1 is 0.825 bits per heavy atom. The van der Waals surface area contributed by atoms with Crippen LogP contribution in [0.2, 0.25) is 0 Å². The number of nitrogens with zero attached hydrogens (tertiary/aromatic N) is 8. The highest BCUT2D eigenvalue weighted by molar-refractivity contribution is 5.77. The van der Waals surface area contributed by atoms with E-state index in [1.807, 2.05) is 46.1 Å². The molecule has 2 atom stereocenters. The predicted molar refractivity (Wildman–Crippen MR) is 210 cm³/mol. The lowest BCUT2D eigenvalue weighted by Crippen LogP contribution is -2.36. The number of ether oxygens (including phenoxy) is 2. The highest BCUT2D eigenvalue weighted by Crippen LogP contribution is 2.33. The van der Waals surface area contributed by atoms with Gasteiger partial charge >= 0.3 is 12.2 Å². The van der Waals surface area contributed by atoms with Crippen molar-refractivity contribution in [1.82, 2.24) is 39.3 Å². The number of halogens is 2. The zero-order valence-corrected chi connectivity index (χ0v) is 32.9. The van der Waals surface area contributed by atoms with Crippen molar-refractivity contribution in [2.24, 2.45) is 0 Å². The van der Waals surface area contributed by atoms with Crippen molar-refractivity contribution < 1.29 is 32.6 Å². The highest BCUT2D eigenvalue weighted by atomic mass is 19.1. The minimum Gasteiger partial charge on any atom is -0.444 e. The van der Waals surface area contributed by atoms with E-state index in [0.29, 0.717) is 72.9 Å². The van der Waals surface area contributed by atoms with Crippen LogP contribution in [0.4, 0.5) is 29.9 Å². The number of likely N-dealkylation sites (tertiary alicyclic amines) is 2. The Morgan fingerprint density at radius 2 is 1.42 bits per heavy atom. The molecule has 0 bridgehead atoms. The maximum atomic E-state index is 14.5. The molecule has 2 fully saturated rings. The molecule has 5 aromatic rings. The summed E-state index contributed by atoms with van der Waals surface area (Å²) in [5.74, 6) is 0.280. The van der Waals surface area contributed by atoms with E-state index in [-0.39, 0.29) is 35.7 Å². The second-order valence-corrected chi connectivity index (χ2v) is 15.4. The quantitative estimate of drug-likeness (QED) is 0.175. The van der Waals surface area contributed by atoms with Gasteiger partial charge in [0.05, 0.1) is 35.2 Å². The molecule has 2 aliphatic heterocycles. The summed E-state index contributed by atoms with van der Waals surface area (Å²) in [7, 11) is 0. The Balaban J connectivity index is 0.000000185. The highest BCUT2D eigenvalue weighted by Gasteiger charge is 2.34. The smallest absolute Gasteiger partial charge is 0.410 e. The summed E-state index contributed by atoms with van der Waals surface area (Å²) in [6.45, 7) is 13.4. The lowest BCUT2D eigenvalue weighted by Gasteiger charge is -2.24. The van der Waals surface area contributed by atoms with E-state index in [1.165, 1.54) is 30.9 Å². The molecular formula is C40H48F2N10O5. The molecule has 2 amide bonds. The van der Waals surface area contributed by atoms with Crippen LogP contribution in [0.15, 0.2) is 73.6 Å². The normalized spacial score (nSPS) is 16.6. The van der Waals surface area contributed by atoms with Gasteiger partial charge in [-0.15, -0.1) is 0 Å². The molecule has 3 aromatic heterocycles. The second kappa shape index (κ2) is 18.1. The van der Waals surface area contributed by atoms with Crippen LogP contribution < -0.4 is 11.1 Å². The fraction of sp³-hybridized carbons (Fsp3) is 0.400. The maximum absolute atomic E-state index is 14.5. The van der Waals surface area contributed by atoms with Gasteiger partial charge in [0.1, 0.15) is 46.8 Å². The molecule has 0 radical (unpaired) electrons. The summed E-state index contributed by atoms with van der Waals surface area (Å²) >= 11 is 0. The number of nitrogens with two attached hydrogens (primary N) is 1. The average Bonchev–Trinajstić information content (AvgIpc) is 3.91. The number of carbonyl (C=O) groups excluding carboxylic acids is 3. The van der Waals surface area contributed by atoms with Crippen molar-refractivity contribution in [3.8, 4) is 11.4 Å². The van der Waals surface area contributed by atoms with Crippen molar-refractivity contribution >= 4 is 41.1 Å². The summed E-state index contributed by atoms with van der Waals surface area (Å²) in [4.78, 5) is 58.7. The Hall–Kier alpha value is -6.26. The first kappa shape index (κ1) is 41.9. The van der Waals surface area contributed by atoms with Crippen molar-refractivity contribution in [3.63, 3.8) is 0 Å². The van der Waals surface area contributed by atoms with Crippen molar-refractivity contribution in [2.75, 3.05) is 37.2 Å². The molecule has 17 heteroatoms. The third kappa shape index (κ3) is 11.4. The lowest BCUT2D eigenvalue weighted by molar-refractivity contribution is 0.0280. The van der Waals surface area contributed by atoms with Gasteiger partial charge in [0.2, 0.25) is 0 Å². The zero-order valence-electron chi connectivity index (χ0n) is 32.9. The molecule has 7 rings (SSSR count). The molecule has 2 aromatic carbocycles. The van der Waals surface area contributed by atoms with Gasteiger partial charge in [-0.2, -0.15) is 0 Å². The topological polar surface area (TPSA) is 184 Å². The van der Waals surface area contributed by atoms with Gasteiger partial charge in [-0.3, -0.25) is 4.79 Å². The van der Waals surface area contributed by atoms with Gasteiger partial charge in [-0.05, 0) is 78.6 Å². The molecule has 5 heterocycles. The van der Waals surface area contributed by atoms with Gasteiger partial charge in [-0.25, -0.2) is 43.3 Å². The molecule has 2 saturated heterocycles. The van der Waals surface area contributed by atoms with Gasteiger partial charge in [0.25, 0.3) is 0 Å². The third-order valence-electron chi connectivity index (χ3n) is 8.60. The van der Waals surface area contributed by atoms with Crippen LogP contribution in [-0.2, 0) is 9.47 Å². The summed E-state index contributed by atoms with van der Waals surface area (Å²) in [5.41, 5.74) is 6.99. The monoisotopic (exact) mass is 786 g/mol. The van der Waals surface area contributed by atoms with Crippen LogP contribution in [0, 0.1) is 11.6 Å². The Kier molecular flexibility index (Phi) is 13.3. The van der Waals surface area contributed by atoms with Crippen LogP contribution >= 0.6 is 0 Å². The zero-order chi connectivity index (χ0) is 41.3. The Morgan fingerprint density at radius 3 is 2.04 bits per heavy atom. The minimum atomic E-state index is -0.553. The number of amides is 2. The van der Waals surface area contributed by atoms with E-state index in [4.69, 9.17) is 15.2 Å². The lowest BCUT2D eigenvalue weighted by atomic mass is 10.1. The number of fused-ring (bicyclic) bond motifs is 1. The molecule has 302 valence electrons. The van der Waals surface area contributed by atoms with Crippen LogP contribution in [-0.4, -0.2) is 101 Å². The van der Waals surface area contributed by atoms with Gasteiger partial charge < -0.3 is 34.9 Å². The van der Waals surface area contributed by atoms with Gasteiger partial charge in [0, 0.05) is 32.2 Å². The Bertz CT molecular complexity index is 2170. The van der Waals surface area contributed by atoms with Crippen LogP contribution in [0.3, 0.4) is 0 Å². The van der Waals surface area contributed by atoms with Crippen molar-refractivity contribution in [1.29, 1.82) is 0 Å². The molecule has 0 aliphatic carbocycles. The average molecular weight is 787 g/mol. The second-order valence-electron chi connectivity index (χ2n) is 15.4. The molecular weight excluding hydrogens is 739 g/mol. The molecule has 3 N–H and O–H groups in total. The van der Waals surface area contributed by atoms with Crippen LogP contribution in [0.5, 0.6) is 0 Å². The number of hydrogen-bond acceptors (Lipinski definition) is 12. The standard InChI is InChI=1S/C20H22FN5O2.C13H21N5O2.C7H5FO/c1-20(2,3)28-19(27)25-9-8-13(11-25)26-17(14-6-4-5-7-15(14)21)24-16-10-22-12-23-18(16)26;1-13(2,3)20-12(19)18-5-4-9(7-18)17-11-10(14)6-15-8-16-11;8-7-4-2-1-3-6(7)5-9/h4-7,10,12-13H,8-9,11H2,1-3H3;6,8-9H,4-5,7,14H2,1-3H3,(H,15,16,17);1-5H. The number of nitrogen functional groups attached to an aromatic ring is 1. The van der Waals surface area contributed by atoms with Crippen LogP contribution in [0.25, 0.3) is 22.6 Å². The third-order valence-corrected chi connectivity index (χ3v) is 8.60. The molecule has 57 heavy (non-hydrogen) atoms. The van der Waals surface area contributed by atoms with E-state index >= 15 is 0 Å². The molecule has 15 nitrogen and oxygen atoms in total. The number of hydrogen-bond donors (Lipinski definition) is 2. The SMILES string of the molecule is CC(C)(C)OC(=O)N1CCC(Nc2ncncc2N)C1.CC(C)(C)OC(=O)N1CCC(n2c(-c3ccccc3F)nc3cncnc32)C1.O=Cc1ccccc1F. The van der Waals surface area contributed by atoms with E-state index < -0.39 is 17.0 Å². The maximum Gasteiger partial charge on any atom is 0.410 e. The largest absolute Gasteiger partial charge is 0.444 e. The summed E-state index contributed by atoms with van der Waals surface area (Å²) < 4.78 is 39.6. The first-order valence-corrected chi connectivity index (χ1v) is 18.4. The molecule has 2 aliphatic rings. The van der Waals surface area contributed by atoms with E-state index in [2.05, 4.69) is 30.2 Å². The molecule has 0 spiro atoms. The van der Waals surface area contributed by atoms with E-state index in [1.54, 1.807) is 52.5 Å². The van der Waals surface area contributed by atoms with Crippen LogP contribution in [0.1, 0.15) is 70.8 Å². The first-order valence-electron chi connectivity index (χ1n) is 18.4. The Labute approximate surface area is 329 Å².